The van der Waals surface area contributed by atoms with Crippen LogP contribution in [0.25, 0.3) is 0 Å². The number of carbonyl (C=O) groups is 2. The van der Waals surface area contributed by atoms with Crippen LogP contribution in [-0.2, 0) is 9.53 Å². The standard InChI is InChI=1S/C18H22N2O5/c1-12-18(25-10-16(21)19(12)2)5-7-20(8-6-18)17(22)13-3-4-14-15(9-13)24-11-23-14/h3-4,9,12H,5-8,10-11H2,1-2H3. The molecule has 134 valence electrons. The number of likely N-dealkylation sites (N-methyl/N-ethyl adjacent to an activating group) is 1. The summed E-state index contributed by atoms with van der Waals surface area (Å²) in [5.74, 6) is 1.29. The van der Waals surface area contributed by atoms with Crippen molar-refractivity contribution in [2.45, 2.75) is 31.4 Å². The Bertz CT molecular complexity index is 711. The molecule has 25 heavy (non-hydrogen) atoms. The van der Waals surface area contributed by atoms with Gasteiger partial charge in [-0.1, -0.05) is 0 Å². The number of hydrogen-bond acceptors (Lipinski definition) is 5. The average molecular weight is 346 g/mol. The fraction of sp³-hybridized carbons (Fsp3) is 0.556. The normalized spacial score (nSPS) is 24.7. The van der Waals surface area contributed by atoms with Gasteiger partial charge in [-0.3, -0.25) is 9.59 Å². The highest BCUT2D eigenvalue weighted by Crippen LogP contribution is 2.36. The molecule has 0 radical (unpaired) electrons. The first-order valence-electron chi connectivity index (χ1n) is 8.59. The molecule has 1 unspecified atom stereocenters. The van der Waals surface area contributed by atoms with E-state index >= 15 is 0 Å². The van der Waals surface area contributed by atoms with E-state index in [1.54, 1.807) is 23.1 Å². The Morgan fingerprint density at radius 2 is 1.92 bits per heavy atom. The van der Waals surface area contributed by atoms with Crippen LogP contribution in [0.3, 0.4) is 0 Å². The third-order valence-corrected chi connectivity index (χ3v) is 5.74. The number of carbonyl (C=O) groups excluding carboxylic acids is 2. The van der Waals surface area contributed by atoms with Gasteiger partial charge >= 0.3 is 0 Å². The van der Waals surface area contributed by atoms with Gasteiger partial charge in [0.05, 0.1) is 11.6 Å². The number of ether oxygens (including phenoxy) is 3. The zero-order valence-corrected chi connectivity index (χ0v) is 14.5. The van der Waals surface area contributed by atoms with E-state index in [0.29, 0.717) is 30.2 Å². The van der Waals surface area contributed by atoms with Crippen LogP contribution in [0.5, 0.6) is 11.5 Å². The van der Waals surface area contributed by atoms with Gasteiger partial charge in [-0.05, 0) is 38.0 Å². The van der Waals surface area contributed by atoms with Crippen molar-refractivity contribution in [2.24, 2.45) is 0 Å². The maximum Gasteiger partial charge on any atom is 0.253 e. The van der Waals surface area contributed by atoms with E-state index < -0.39 is 0 Å². The zero-order chi connectivity index (χ0) is 17.6. The maximum absolute atomic E-state index is 12.8. The topological polar surface area (TPSA) is 68.3 Å². The highest BCUT2D eigenvalue weighted by atomic mass is 16.7. The Labute approximate surface area is 146 Å². The third kappa shape index (κ3) is 2.63. The molecule has 4 rings (SSSR count). The Kier molecular flexibility index (Phi) is 3.83. The second-order valence-electron chi connectivity index (χ2n) is 6.89. The predicted molar refractivity (Wildman–Crippen MR) is 88.6 cm³/mol. The molecule has 0 aromatic heterocycles. The predicted octanol–water partition coefficient (Wildman–Crippen LogP) is 1.27. The zero-order valence-electron chi connectivity index (χ0n) is 14.5. The van der Waals surface area contributed by atoms with Crippen LogP contribution in [0.4, 0.5) is 0 Å². The van der Waals surface area contributed by atoms with E-state index in [2.05, 4.69) is 0 Å². The fourth-order valence-corrected chi connectivity index (χ4v) is 3.86. The van der Waals surface area contributed by atoms with Crippen molar-refractivity contribution in [1.29, 1.82) is 0 Å². The molecule has 1 atom stereocenters. The van der Waals surface area contributed by atoms with E-state index in [1.807, 2.05) is 18.9 Å². The van der Waals surface area contributed by atoms with E-state index in [4.69, 9.17) is 14.2 Å². The number of amides is 2. The van der Waals surface area contributed by atoms with Crippen LogP contribution < -0.4 is 9.47 Å². The smallest absolute Gasteiger partial charge is 0.253 e. The summed E-state index contributed by atoms with van der Waals surface area (Å²) in [6.07, 6.45) is 1.45. The summed E-state index contributed by atoms with van der Waals surface area (Å²) in [6, 6.07) is 5.29. The highest BCUT2D eigenvalue weighted by Gasteiger charge is 2.47. The van der Waals surface area contributed by atoms with Crippen LogP contribution in [-0.4, -0.2) is 66.8 Å². The van der Waals surface area contributed by atoms with Crippen molar-refractivity contribution in [1.82, 2.24) is 9.80 Å². The molecule has 7 nitrogen and oxygen atoms in total. The van der Waals surface area contributed by atoms with Gasteiger partial charge in [0, 0.05) is 25.7 Å². The van der Waals surface area contributed by atoms with E-state index in [0.717, 1.165) is 12.8 Å². The van der Waals surface area contributed by atoms with Gasteiger partial charge in [0.2, 0.25) is 12.7 Å². The van der Waals surface area contributed by atoms with Crippen LogP contribution >= 0.6 is 0 Å². The molecule has 3 heterocycles. The average Bonchev–Trinajstić information content (AvgIpc) is 3.11. The highest BCUT2D eigenvalue weighted by molar-refractivity contribution is 5.95. The Morgan fingerprint density at radius 3 is 2.68 bits per heavy atom. The van der Waals surface area contributed by atoms with Crippen molar-refractivity contribution >= 4 is 11.8 Å². The molecule has 0 N–H and O–H groups in total. The SMILES string of the molecule is CC1N(C)C(=O)COC12CCN(C(=O)c1ccc3c(c1)OCO3)CC2. The second-order valence-corrected chi connectivity index (χ2v) is 6.89. The van der Waals surface area contributed by atoms with Gasteiger partial charge in [0.25, 0.3) is 5.91 Å². The van der Waals surface area contributed by atoms with Crippen molar-refractivity contribution < 1.29 is 23.8 Å². The molecule has 2 saturated heterocycles. The molecule has 1 aromatic carbocycles. The first-order valence-corrected chi connectivity index (χ1v) is 8.59. The number of likely N-dealkylation sites (tertiary alicyclic amines) is 1. The molecular formula is C18H22N2O5. The fourth-order valence-electron chi connectivity index (χ4n) is 3.86. The minimum Gasteiger partial charge on any atom is -0.454 e. The lowest BCUT2D eigenvalue weighted by Crippen LogP contribution is -2.63. The van der Waals surface area contributed by atoms with Gasteiger partial charge in [0.15, 0.2) is 11.5 Å². The van der Waals surface area contributed by atoms with Crippen LogP contribution in [0, 0.1) is 0 Å². The van der Waals surface area contributed by atoms with Crippen molar-refractivity contribution in [2.75, 3.05) is 33.5 Å². The van der Waals surface area contributed by atoms with Crippen molar-refractivity contribution in [3.63, 3.8) is 0 Å². The van der Waals surface area contributed by atoms with E-state index in [9.17, 15) is 9.59 Å². The molecule has 3 aliphatic heterocycles. The first-order chi connectivity index (χ1) is 12.0. The lowest BCUT2D eigenvalue weighted by Gasteiger charge is -2.50. The summed E-state index contributed by atoms with van der Waals surface area (Å²) < 4.78 is 16.6. The number of fused-ring (bicyclic) bond motifs is 1. The molecule has 2 amide bonds. The van der Waals surface area contributed by atoms with Gasteiger partial charge in [-0.15, -0.1) is 0 Å². The minimum atomic E-state index is -0.353. The molecule has 0 aliphatic carbocycles. The van der Waals surface area contributed by atoms with Crippen LogP contribution in [0.15, 0.2) is 18.2 Å². The largest absolute Gasteiger partial charge is 0.454 e. The lowest BCUT2D eigenvalue weighted by atomic mass is 9.82. The van der Waals surface area contributed by atoms with Gasteiger partial charge < -0.3 is 24.0 Å². The monoisotopic (exact) mass is 346 g/mol. The number of nitrogens with zero attached hydrogens (tertiary/aromatic N) is 2. The maximum atomic E-state index is 12.8. The molecule has 0 bridgehead atoms. The summed E-state index contributed by atoms with van der Waals surface area (Å²) in [5.41, 5.74) is 0.249. The summed E-state index contributed by atoms with van der Waals surface area (Å²) in [6.45, 7) is 3.56. The number of morpholine rings is 1. The van der Waals surface area contributed by atoms with Gasteiger partial charge in [-0.2, -0.15) is 0 Å². The van der Waals surface area contributed by atoms with Crippen molar-refractivity contribution in [3.05, 3.63) is 23.8 Å². The summed E-state index contributed by atoms with van der Waals surface area (Å²) in [4.78, 5) is 28.2. The van der Waals surface area contributed by atoms with E-state index in [1.165, 1.54) is 0 Å². The van der Waals surface area contributed by atoms with Gasteiger partial charge in [0.1, 0.15) is 6.61 Å². The summed E-state index contributed by atoms with van der Waals surface area (Å²) in [5, 5.41) is 0. The molecule has 3 aliphatic rings. The Hall–Kier alpha value is -2.28. The number of piperidine rings is 1. The Balaban J connectivity index is 1.45. The summed E-state index contributed by atoms with van der Waals surface area (Å²) >= 11 is 0. The van der Waals surface area contributed by atoms with Crippen molar-refractivity contribution in [3.8, 4) is 11.5 Å². The Morgan fingerprint density at radius 1 is 1.20 bits per heavy atom. The first kappa shape index (κ1) is 16.2. The molecule has 2 fully saturated rings. The van der Waals surface area contributed by atoms with Gasteiger partial charge in [-0.25, -0.2) is 0 Å². The molecule has 7 heteroatoms. The quantitative estimate of drug-likeness (QED) is 0.766. The molecular weight excluding hydrogens is 324 g/mol. The minimum absolute atomic E-state index is 0.0107. The lowest BCUT2D eigenvalue weighted by molar-refractivity contribution is -0.181. The number of benzene rings is 1. The number of rotatable bonds is 1. The molecule has 1 spiro atoms. The second kappa shape index (κ2) is 5.91. The number of hydrogen-bond donors (Lipinski definition) is 0. The van der Waals surface area contributed by atoms with Crippen LogP contribution in [0.1, 0.15) is 30.1 Å². The molecule has 1 aromatic rings. The third-order valence-electron chi connectivity index (χ3n) is 5.74. The summed E-state index contributed by atoms with van der Waals surface area (Å²) in [7, 11) is 1.82. The van der Waals surface area contributed by atoms with E-state index in [-0.39, 0.29) is 36.9 Å². The van der Waals surface area contributed by atoms with Crippen LogP contribution in [0.2, 0.25) is 0 Å². The molecule has 0 saturated carbocycles.